The molecule has 1 unspecified atom stereocenters. The maximum Gasteiger partial charge on any atom is 0.270 e. The molecule has 0 bridgehead atoms. The Bertz CT molecular complexity index is 771. The van der Waals surface area contributed by atoms with Crippen LogP contribution < -0.4 is 5.32 Å². The number of hydrogen-bond donors (Lipinski definition) is 2. The van der Waals surface area contributed by atoms with Crippen molar-refractivity contribution in [3.8, 4) is 6.07 Å². The number of nitro benzene ring substituents is 1. The molecule has 0 aliphatic carbocycles. The number of hydrogen-bond acceptors (Lipinski definition) is 7. The molecule has 1 atom stereocenters. The molecule has 0 aliphatic heterocycles. The maximum atomic E-state index is 12.5. The van der Waals surface area contributed by atoms with Crippen LogP contribution >= 0.6 is 11.8 Å². The fourth-order valence-electron chi connectivity index (χ4n) is 1.92. The van der Waals surface area contributed by atoms with Crippen LogP contribution in [0.3, 0.4) is 0 Å². The minimum atomic E-state index is -0.563. The monoisotopic (exact) mass is 346 g/mol. The summed E-state index contributed by atoms with van der Waals surface area (Å²) in [5.41, 5.74) is -0.0302. The molecule has 0 radical (unpaired) electrons. The molecule has 1 heterocycles. The lowest BCUT2D eigenvalue weighted by atomic mass is 10.1. The normalized spacial score (nSPS) is 11.5. The summed E-state index contributed by atoms with van der Waals surface area (Å²) in [4.78, 5) is 27.4. The van der Waals surface area contributed by atoms with Crippen molar-refractivity contribution in [2.45, 2.75) is 35.9 Å². The number of rotatable bonds is 7. The molecule has 0 spiro atoms. The second-order valence-corrected chi connectivity index (χ2v) is 5.80. The number of nitrogens with zero attached hydrogens (tertiary/aromatic N) is 4. The number of amides is 1. The van der Waals surface area contributed by atoms with E-state index in [2.05, 4.69) is 20.5 Å². The SMILES string of the molecule is CCC(CC#N)NC(=O)c1cc([N+](=O)[O-])ccc1Sc1ncn[nH]1. The Morgan fingerprint density at radius 2 is 2.38 bits per heavy atom. The van der Waals surface area contributed by atoms with E-state index in [0.717, 1.165) is 11.8 Å². The molecule has 24 heavy (non-hydrogen) atoms. The van der Waals surface area contributed by atoms with Crippen LogP contribution in [0.4, 0.5) is 5.69 Å². The van der Waals surface area contributed by atoms with Crippen molar-refractivity contribution in [1.29, 1.82) is 5.26 Å². The topological polar surface area (TPSA) is 138 Å². The lowest BCUT2D eigenvalue weighted by Crippen LogP contribution is -2.34. The first-order valence-corrected chi connectivity index (χ1v) is 7.86. The predicted molar refractivity (Wildman–Crippen MR) is 85.4 cm³/mol. The van der Waals surface area contributed by atoms with Crippen molar-refractivity contribution in [2.75, 3.05) is 0 Å². The number of non-ortho nitro benzene ring substituents is 1. The largest absolute Gasteiger partial charge is 0.348 e. The summed E-state index contributed by atoms with van der Waals surface area (Å²) in [6, 6.07) is 5.72. The minimum absolute atomic E-state index is 0.155. The molecular formula is C14H14N6O3S. The summed E-state index contributed by atoms with van der Waals surface area (Å²) in [5.74, 6) is -0.470. The zero-order valence-electron chi connectivity index (χ0n) is 12.7. The number of carbonyl (C=O) groups is 1. The van der Waals surface area contributed by atoms with E-state index in [1.807, 2.05) is 13.0 Å². The Morgan fingerprint density at radius 3 is 2.96 bits per heavy atom. The van der Waals surface area contributed by atoms with Gasteiger partial charge in [-0.25, -0.2) is 4.98 Å². The van der Waals surface area contributed by atoms with Crippen LogP contribution in [0.5, 0.6) is 0 Å². The first kappa shape index (κ1) is 17.4. The lowest BCUT2D eigenvalue weighted by molar-refractivity contribution is -0.384. The third-order valence-corrected chi connectivity index (χ3v) is 4.15. The van der Waals surface area contributed by atoms with Gasteiger partial charge in [0.1, 0.15) is 6.33 Å². The van der Waals surface area contributed by atoms with Crippen LogP contribution in [0, 0.1) is 21.4 Å². The Morgan fingerprint density at radius 1 is 1.58 bits per heavy atom. The summed E-state index contributed by atoms with van der Waals surface area (Å²) in [6.07, 6.45) is 2.08. The Balaban J connectivity index is 2.33. The van der Waals surface area contributed by atoms with E-state index in [0.29, 0.717) is 16.5 Å². The van der Waals surface area contributed by atoms with E-state index in [9.17, 15) is 14.9 Å². The fourth-order valence-corrected chi connectivity index (χ4v) is 2.72. The van der Waals surface area contributed by atoms with Gasteiger partial charge in [-0.1, -0.05) is 6.92 Å². The number of benzene rings is 1. The Hall–Kier alpha value is -2.93. The zero-order valence-corrected chi connectivity index (χ0v) is 13.5. The van der Waals surface area contributed by atoms with Gasteiger partial charge in [0.2, 0.25) is 0 Å². The highest BCUT2D eigenvalue weighted by molar-refractivity contribution is 7.99. The number of carbonyl (C=O) groups excluding carboxylic acids is 1. The molecule has 0 aliphatic rings. The summed E-state index contributed by atoms with van der Waals surface area (Å²) < 4.78 is 0. The molecular weight excluding hydrogens is 332 g/mol. The van der Waals surface area contributed by atoms with Crippen molar-refractivity contribution >= 4 is 23.4 Å². The van der Waals surface area contributed by atoms with Gasteiger partial charge in [-0.2, -0.15) is 10.4 Å². The van der Waals surface area contributed by atoms with Crippen molar-refractivity contribution in [2.24, 2.45) is 0 Å². The minimum Gasteiger partial charge on any atom is -0.348 e. The van der Waals surface area contributed by atoms with E-state index in [4.69, 9.17) is 5.26 Å². The van der Waals surface area contributed by atoms with Gasteiger partial charge in [0.05, 0.1) is 23.0 Å². The quantitative estimate of drug-likeness (QED) is 0.579. The number of aromatic amines is 1. The number of aromatic nitrogens is 3. The number of nitrogens with one attached hydrogen (secondary N) is 2. The van der Waals surface area contributed by atoms with Crippen LogP contribution in [0.2, 0.25) is 0 Å². The molecule has 124 valence electrons. The van der Waals surface area contributed by atoms with Gasteiger partial charge in [0.25, 0.3) is 11.6 Å². The average Bonchev–Trinajstić information content (AvgIpc) is 3.07. The average molecular weight is 346 g/mol. The highest BCUT2D eigenvalue weighted by Gasteiger charge is 2.20. The van der Waals surface area contributed by atoms with Crippen LogP contribution in [0.25, 0.3) is 0 Å². The second-order valence-electron chi connectivity index (χ2n) is 4.77. The molecule has 0 saturated heterocycles. The van der Waals surface area contributed by atoms with Gasteiger partial charge in [-0.15, -0.1) is 0 Å². The van der Waals surface area contributed by atoms with E-state index >= 15 is 0 Å². The van der Waals surface area contributed by atoms with E-state index in [1.54, 1.807) is 0 Å². The third-order valence-electron chi connectivity index (χ3n) is 3.18. The first-order valence-electron chi connectivity index (χ1n) is 7.04. The number of H-pyrrole nitrogens is 1. The van der Waals surface area contributed by atoms with Crippen LogP contribution in [-0.2, 0) is 0 Å². The molecule has 2 aromatic rings. The van der Waals surface area contributed by atoms with Gasteiger partial charge in [-0.3, -0.25) is 20.0 Å². The molecule has 0 fully saturated rings. The summed E-state index contributed by atoms with van der Waals surface area (Å²) in [5, 5.41) is 29.3. The molecule has 2 N–H and O–H groups in total. The van der Waals surface area contributed by atoms with Crippen LogP contribution in [-0.4, -0.2) is 32.1 Å². The van der Waals surface area contributed by atoms with E-state index < -0.39 is 10.8 Å². The summed E-state index contributed by atoms with van der Waals surface area (Å²) in [7, 11) is 0. The van der Waals surface area contributed by atoms with Gasteiger partial charge in [-0.05, 0) is 24.2 Å². The molecule has 0 saturated carbocycles. The smallest absolute Gasteiger partial charge is 0.270 e. The van der Waals surface area contributed by atoms with E-state index in [-0.39, 0.29) is 23.7 Å². The van der Waals surface area contributed by atoms with Crippen molar-refractivity contribution < 1.29 is 9.72 Å². The second kappa shape index (κ2) is 8.07. The number of nitriles is 1. The van der Waals surface area contributed by atoms with Gasteiger partial charge in [0.15, 0.2) is 5.16 Å². The first-order chi connectivity index (χ1) is 11.5. The predicted octanol–water partition coefficient (Wildman–Crippen LogP) is 2.29. The summed E-state index contributed by atoms with van der Waals surface area (Å²) in [6.45, 7) is 1.85. The Labute approximate surface area is 141 Å². The van der Waals surface area contributed by atoms with Crippen molar-refractivity contribution in [1.82, 2.24) is 20.5 Å². The highest BCUT2D eigenvalue weighted by atomic mass is 32.2. The molecule has 9 nitrogen and oxygen atoms in total. The van der Waals surface area contributed by atoms with Crippen LogP contribution in [0.1, 0.15) is 30.1 Å². The lowest BCUT2D eigenvalue weighted by Gasteiger charge is -2.15. The maximum absolute atomic E-state index is 12.5. The van der Waals surface area contributed by atoms with Crippen molar-refractivity contribution in [3.05, 3.63) is 40.2 Å². The fraction of sp³-hybridized carbons (Fsp3) is 0.286. The molecule has 1 aromatic carbocycles. The summed E-state index contributed by atoms with van der Waals surface area (Å²) >= 11 is 1.14. The zero-order chi connectivity index (χ0) is 17.5. The molecule has 1 amide bonds. The van der Waals surface area contributed by atoms with Gasteiger partial charge in [0, 0.05) is 23.1 Å². The third kappa shape index (κ3) is 4.30. The standard InChI is InChI=1S/C14H14N6O3S/c1-2-9(5-6-15)18-13(21)11-7-10(20(22)23)3-4-12(11)24-14-16-8-17-19-14/h3-4,7-9H,2,5H2,1H3,(H,18,21)(H,16,17,19). The molecule has 2 rings (SSSR count). The van der Waals surface area contributed by atoms with Gasteiger partial charge < -0.3 is 5.32 Å². The highest BCUT2D eigenvalue weighted by Crippen LogP contribution is 2.30. The van der Waals surface area contributed by atoms with Crippen molar-refractivity contribution in [3.63, 3.8) is 0 Å². The number of nitro groups is 1. The molecule has 1 aromatic heterocycles. The van der Waals surface area contributed by atoms with E-state index in [1.165, 1.54) is 24.5 Å². The van der Waals surface area contributed by atoms with Gasteiger partial charge >= 0.3 is 0 Å². The van der Waals surface area contributed by atoms with Crippen LogP contribution in [0.15, 0.2) is 34.6 Å². The Kier molecular flexibility index (Phi) is 5.86. The molecule has 10 heteroatoms.